The minimum Gasteiger partial charge on any atom is -0.385 e. The highest BCUT2D eigenvalue weighted by Gasteiger charge is 2.12. The van der Waals surface area contributed by atoms with Gasteiger partial charge in [-0.1, -0.05) is 30.3 Å². The number of hydrogen-bond donors (Lipinski definition) is 1. The molecule has 0 spiro atoms. The lowest BCUT2D eigenvalue weighted by molar-refractivity contribution is 0.492. The molecule has 1 N–H and O–H groups in total. The SMILES string of the molecule is O=[SiH]C(=Cc1ccccc1)S(=O)(=O)O. The Morgan fingerprint density at radius 1 is 1.29 bits per heavy atom. The van der Waals surface area contributed by atoms with Gasteiger partial charge in [-0.05, 0) is 11.6 Å². The van der Waals surface area contributed by atoms with Crippen molar-refractivity contribution in [1.29, 1.82) is 0 Å². The molecule has 0 heterocycles. The molecule has 0 radical (unpaired) electrons. The maximum absolute atomic E-state index is 10.7. The fourth-order valence-corrected chi connectivity index (χ4v) is 1.91. The summed E-state index contributed by atoms with van der Waals surface area (Å²) in [6.07, 6.45) is 1.19. The van der Waals surface area contributed by atoms with Crippen LogP contribution in [0.2, 0.25) is 0 Å². The summed E-state index contributed by atoms with van der Waals surface area (Å²) in [5.74, 6) is 0. The van der Waals surface area contributed by atoms with E-state index in [1.54, 1.807) is 30.3 Å². The lowest BCUT2D eigenvalue weighted by Crippen LogP contribution is -2.03. The highest BCUT2D eigenvalue weighted by Crippen LogP contribution is 2.08. The molecule has 74 valence electrons. The Hall–Kier alpha value is -1.11. The maximum atomic E-state index is 10.7. The molecule has 0 aromatic heterocycles. The standard InChI is InChI=1S/C8H8O4SSi/c9-13(10,11)8(14-12)6-7-4-2-1-3-5-7/h1-6,14H,(H,9,10,11). The zero-order valence-corrected chi connectivity index (χ0v) is 9.09. The summed E-state index contributed by atoms with van der Waals surface area (Å²) in [5, 5.41) is 0. The first-order valence-corrected chi connectivity index (χ1v) is 6.22. The van der Waals surface area contributed by atoms with Crippen molar-refractivity contribution in [3.05, 3.63) is 40.4 Å². The van der Waals surface area contributed by atoms with E-state index < -0.39 is 24.1 Å². The molecule has 6 heteroatoms. The van der Waals surface area contributed by atoms with Crippen molar-refractivity contribution in [2.24, 2.45) is 0 Å². The molecule has 1 aromatic carbocycles. The third-order valence-corrected chi connectivity index (χ3v) is 3.82. The summed E-state index contributed by atoms with van der Waals surface area (Å²) >= 11 is 0. The van der Waals surface area contributed by atoms with Gasteiger partial charge in [0, 0.05) is 0 Å². The lowest BCUT2D eigenvalue weighted by Gasteiger charge is -1.95. The van der Waals surface area contributed by atoms with Gasteiger partial charge in [-0.3, -0.25) is 4.55 Å². The van der Waals surface area contributed by atoms with Crippen molar-refractivity contribution in [3.8, 4) is 0 Å². The summed E-state index contributed by atoms with van der Waals surface area (Å²) < 4.78 is 40.1. The van der Waals surface area contributed by atoms with E-state index >= 15 is 0 Å². The topological polar surface area (TPSA) is 71.4 Å². The highest BCUT2D eigenvalue weighted by atomic mass is 32.2. The lowest BCUT2D eigenvalue weighted by atomic mass is 10.2. The van der Waals surface area contributed by atoms with Gasteiger partial charge >= 0.3 is 9.41 Å². The van der Waals surface area contributed by atoms with Crippen LogP contribution in [0, 0.1) is 0 Å². The normalized spacial score (nSPS) is 12.5. The number of benzene rings is 1. The van der Waals surface area contributed by atoms with E-state index in [2.05, 4.69) is 0 Å². The van der Waals surface area contributed by atoms with E-state index in [1.807, 2.05) is 0 Å². The molecule has 0 saturated carbocycles. The Kier molecular flexibility index (Phi) is 3.45. The second kappa shape index (κ2) is 4.40. The molecule has 1 aromatic rings. The van der Waals surface area contributed by atoms with E-state index in [9.17, 15) is 12.9 Å². The van der Waals surface area contributed by atoms with Crippen molar-refractivity contribution in [2.45, 2.75) is 0 Å². The van der Waals surface area contributed by atoms with Crippen LogP contribution in [-0.4, -0.2) is 22.4 Å². The smallest absolute Gasteiger partial charge is 0.310 e. The summed E-state index contributed by atoms with van der Waals surface area (Å²) in [4.78, 5) is 0. The predicted molar refractivity (Wildman–Crippen MR) is 53.8 cm³/mol. The molecule has 0 aliphatic heterocycles. The average Bonchev–Trinajstić information content (AvgIpc) is 2.14. The van der Waals surface area contributed by atoms with E-state index in [4.69, 9.17) is 4.55 Å². The van der Waals surface area contributed by atoms with Crippen molar-refractivity contribution < 1.29 is 17.4 Å². The molecule has 0 aliphatic rings. The summed E-state index contributed by atoms with van der Waals surface area (Å²) in [5.41, 5.74) is 0.587. The van der Waals surface area contributed by atoms with Crippen LogP contribution in [0.4, 0.5) is 0 Å². The molecule has 0 saturated heterocycles. The van der Waals surface area contributed by atoms with Crippen LogP contribution in [0.5, 0.6) is 0 Å². The van der Waals surface area contributed by atoms with Crippen molar-refractivity contribution in [2.75, 3.05) is 0 Å². The Bertz CT molecular complexity index is 449. The Balaban J connectivity index is 3.15. The molecule has 0 unspecified atom stereocenters. The Labute approximate surface area is 83.9 Å². The largest absolute Gasteiger partial charge is 0.385 e. The third-order valence-electron chi connectivity index (χ3n) is 1.52. The van der Waals surface area contributed by atoms with Gasteiger partial charge in [0.2, 0.25) is 0 Å². The van der Waals surface area contributed by atoms with Gasteiger partial charge in [-0.15, -0.1) is 0 Å². The van der Waals surface area contributed by atoms with Crippen LogP contribution in [0.15, 0.2) is 34.9 Å². The van der Waals surface area contributed by atoms with Crippen molar-refractivity contribution in [1.82, 2.24) is 0 Å². The Morgan fingerprint density at radius 2 is 1.86 bits per heavy atom. The number of hydrogen-bond acceptors (Lipinski definition) is 3. The fourth-order valence-electron chi connectivity index (χ4n) is 0.883. The fraction of sp³-hybridized carbons (Fsp3) is 0. The van der Waals surface area contributed by atoms with E-state index in [-0.39, 0.29) is 0 Å². The van der Waals surface area contributed by atoms with Crippen LogP contribution < -0.4 is 0 Å². The van der Waals surface area contributed by atoms with Gasteiger partial charge in [-0.25, -0.2) is 0 Å². The molecular weight excluding hydrogens is 220 g/mol. The molecule has 14 heavy (non-hydrogen) atoms. The molecule has 0 amide bonds. The monoisotopic (exact) mass is 228 g/mol. The molecule has 0 bridgehead atoms. The van der Waals surface area contributed by atoms with Crippen molar-refractivity contribution in [3.63, 3.8) is 0 Å². The van der Waals surface area contributed by atoms with E-state index in [0.717, 1.165) is 0 Å². The Morgan fingerprint density at radius 3 is 2.29 bits per heavy atom. The third kappa shape index (κ3) is 2.98. The van der Waals surface area contributed by atoms with Gasteiger partial charge in [0.1, 0.15) is 4.53 Å². The minimum atomic E-state index is -4.33. The van der Waals surface area contributed by atoms with Crippen LogP contribution >= 0.6 is 0 Å². The molecular formula is C8H8O4SSi. The first-order chi connectivity index (χ1) is 6.54. The quantitative estimate of drug-likeness (QED) is 0.609. The van der Waals surface area contributed by atoms with Crippen LogP contribution in [0.25, 0.3) is 6.08 Å². The van der Waals surface area contributed by atoms with Gasteiger partial charge < -0.3 is 4.46 Å². The summed E-state index contributed by atoms with van der Waals surface area (Å²) in [6, 6.07) is 8.51. The van der Waals surface area contributed by atoms with E-state index in [1.165, 1.54) is 6.08 Å². The van der Waals surface area contributed by atoms with Crippen LogP contribution in [0.3, 0.4) is 0 Å². The zero-order valence-electron chi connectivity index (χ0n) is 7.12. The molecule has 0 atom stereocenters. The van der Waals surface area contributed by atoms with Crippen LogP contribution in [-0.2, 0) is 14.6 Å². The first-order valence-electron chi connectivity index (χ1n) is 3.73. The van der Waals surface area contributed by atoms with Crippen LogP contribution in [0.1, 0.15) is 5.56 Å². The molecule has 0 fully saturated rings. The molecule has 1 rings (SSSR count). The van der Waals surface area contributed by atoms with Gasteiger partial charge in [0.05, 0.1) is 0 Å². The predicted octanol–water partition coefficient (Wildman–Crippen LogP) is 0.655. The summed E-state index contributed by atoms with van der Waals surface area (Å²) in [6.45, 7) is 0. The van der Waals surface area contributed by atoms with Gasteiger partial charge in [-0.2, -0.15) is 8.42 Å². The first kappa shape index (κ1) is 11.0. The second-order valence-corrected chi connectivity index (χ2v) is 5.25. The molecule has 4 nitrogen and oxygen atoms in total. The number of rotatable bonds is 3. The molecule has 0 aliphatic carbocycles. The van der Waals surface area contributed by atoms with E-state index in [0.29, 0.717) is 5.56 Å². The average molecular weight is 228 g/mol. The second-order valence-electron chi connectivity index (χ2n) is 2.55. The van der Waals surface area contributed by atoms with Crippen molar-refractivity contribution >= 4 is 25.6 Å². The zero-order chi connectivity index (χ0) is 10.6. The summed E-state index contributed by atoms with van der Waals surface area (Å²) in [7, 11) is -6.00. The van der Waals surface area contributed by atoms with Gasteiger partial charge in [0.25, 0.3) is 10.1 Å². The minimum absolute atomic E-state index is 0.441. The maximum Gasteiger partial charge on any atom is 0.310 e. The highest BCUT2D eigenvalue weighted by molar-refractivity contribution is 7.91. The van der Waals surface area contributed by atoms with Gasteiger partial charge in [0.15, 0.2) is 0 Å².